The Morgan fingerprint density at radius 2 is 2.33 bits per heavy atom. The Morgan fingerprint density at radius 1 is 1.78 bits per heavy atom. The summed E-state index contributed by atoms with van der Waals surface area (Å²) < 4.78 is 9.53. The molecule has 3 nitrogen and oxygen atoms in total. The van der Waals surface area contributed by atoms with Crippen molar-refractivity contribution in [1.29, 1.82) is 0 Å². The van der Waals surface area contributed by atoms with Crippen molar-refractivity contribution in [2.75, 3.05) is 6.61 Å². The number of epoxide rings is 1. The zero-order chi connectivity index (χ0) is 6.85. The third kappa shape index (κ3) is 1.42. The van der Waals surface area contributed by atoms with E-state index in [1.807, 2.05) is 6.92 Å². The molecule has 0 aliphatic carbocycles. The van der Waals surface area contributed by atoms with E-state index in [1.165, 1.54) is 0 Å². The summed E-state index contributed by atoms with van der Waals surface area (Å²) in [7, 11) is 0. The largest absolute Gasteiger partial charge is 0.464 e. The minimum atomic E-state index is -0.273. The van der Waals surface area contributed by atoms with Gasteiger partial charge in [-0.05, 0) is 13.8 Å². The average molecular weight is 130 g/mol. The van der Waals surface area contributed by atoms with E-state index in [1.54, 1.807) is 6.92 Å². The van der Waals surface area contributed by atoms with Crippen molar-refractivity contribution < 1.29 is 14.3 Å². The van der Waals surface area contributed by atoms with E-state index in [0.717, 1.165) is 0 Å². The molecule has 0 aromatic carbocycles. The van der Waals surface area contributed by atoms with Gasteiger partial charge < -0.3 is 9.47 Å². The predicted molar refractivity (Wildman–Crippen MR) is 31.0 cm³/mol. The lowest BCUT2D eigenvalue weighted by Gasteiger charge is -1.94. The van der Waals surface area contributed by atoms with Gasteiger partial charge in [0.15, 0.2) is 6.10 Å². The van der Waals surface area contributed by atoms with Gasteiger partial charge in [-0.1, -0.05) is 0 Å². The highest BCUT2D eigenvalue weighted by molar-refractivity contribution is 5.77. The molecule has 1 aliphatic heterocycles. The quantitative estimate of drug-likeness (QED) is 0.399. The molecule has 1 aliphatic rings. The lowest BCUT2D eigenvalue weighted by atomic mass is 10.3. The summed E-state index contributed by atoms with van der Waals surface area (Å²) in [4.78, 5) is 10.7. The van der Waals surface area contributed by atoms with Gasteiger partial charge in [-0.2, -0.15) is 0 Å². The molecule has 0 spiro atoms. The predicted octanol–water partition coefficient (Wildman–Crippen LogP) is 0.337. The van der Waals surface area contributed by atoms with Gasteiger partial charge in [0, 0.05) is 0 Å². The van der Waals surface area contributed by atoms with Crippen LogP contribution in [-0.4, -0.2) is 24.8 Å². The molecule has 1 rings (SSSR count). The molecule has 2 atom stereocenters. The first-order valence-electron chi connectivity index (χ1n) is 3.07. The maximum atomic E-state index is 10.7. The van der Waals surface area contributed by atoms with Crippen LogP contribution in [0, 0.1) is 0 Å². The van der Waals surface area contributed by atoms with E-state index in [2.05, 4.69) is 4.74 Å². The second-order valence-electron chi connectivity index (χ2n) is 2.01. The molecule has 52 valence electrons. The monoisotopic (exact) mass is 130 g/mol. The van der Waals surface area contributed by atoms with Crippen molar-refractivity contribution in [2.45, 2.75) is 26.1 Å². The van der Waals surface area contributed by atoms with Gasteiger partial charge >= 0.3 is 5.97 Å². The Hall–Kier alpha value is -0.570. The Kier molecular flexibility index (Phi) is 1.71. The molecule has 1 saturated heterocycles. The van der Waals surface area contributed by atoms with Gasteiger partial charge in [0.1, 0.15) is 0 Å². The van der Waals surface area contributed by atoms with Crippen LogP contribution in [0.5, 0.6) is 0 Å². The maximum absolute atomic E-state index is 10.7. The van der Waals surface area contributed by atoms with Crippen molar-refractivity contribution in [3.8, 4) is 0 Å². The van der Waals surface area contributed by atoms with Crippen LogP contribution in [0.15, 0.2) is 0 Å². The van der Waals surface area contributed by atoms with Gasteiger partial charge in [0.25, 0.3) is 0 Å². The van der Waals surface area contributed by atoms with Crippen molar-refractivity contribution >= 4 is 5.97 Å². The molecule has 0 saturated carbocycles. The first kappa shape index (κ1) is 6.55. The molecule has 0 radical (unpaired) electrons. The fourth-order valence-corrected chi connectivity index (χ4v) is 0.657. The number of hydrogen-bond donors (Lipinski definition) is 0. The minimum Gasteiger partial charge on any atom is -0.464 e. The lowest BCUT2D eigenvalue weighted by Crippen LogP contribution is -2.12. The summed E-state index contributed by atoms with van der Waals surface area (Å²) in [6.45, 7) is 4.07. The Morgan fingerprint density at radius 3 is 2.67 bits per heavy atom. The number of carbonyl (C=O) groups is 1. The molecule has 0 aromatic heterocycles. The highest BCUT2D eigenvalue weighted by Crippen LogP contribution is 2.21. The molecule has 9 heavy (non-hydrogen) atoms. The summed E-state index contributed by atoms with van der Waals surface area (Å²) in [5, 5.41) is 0. The molecule has 1 heterocycles. The summed E-state index contributed by atoms with van der Waals surface area (Å²) in [5.74, 6) is -0.231. The highest BCUT2D eigenvalue weighted by atomic mass is 16.6. The third-order valence-electron chi connectivity index (χ3n) is 1.23. The van der Waals surface area contributed by atoms with Gasteiger partial charge in [0.2, 0.25) is 0 Å². The number of carbonyl (C=O) groups excluding carboxylic acids is 1. The summed E-state index contributed by atoms with van der Waals surface area (Å²) in [5.41, 5.74) is 0. The fourth-order valence-electron chi connectivity index (χ4n) is 0.657. The molecular formula is C6H10O3. The number of ether oxygens (including phenoxy) is 2. The smallest absolute Gasteiger partial charge is 0.337 e. The van der Waals surface area contributed by atoms with E-state index in [4.69, 9.17) is 4.74 Å². The second-order valence-corrected chi connectivity index (χ2v) is 2.01. The van der Waals surface area contributed by atoms with Crippen LogP contribution < -0.4 is 0 Å². The molecule has 0 bridgehead atoms. The second kappa shape index (κ2) is 2.35. The van der Waals surface area contributed by atoms with Gasteiger partial charge in [-0.25, -0.2) is 4.79 Å². The third-order valence-corrected chi connectivity index (χ3v) is 1.23. The van der Waals surface area contributed by atoms with E-state index < -0.39 is 0 Å². The molecule has 1 unspecified atom stereocenters. The van der Waals surface area contributed by atoms with Crippen molar-refractivity contribution in [2.24, 2.45) is 0 Å². The summed E-state index contributed by atoms with van der Waals surface area (Å²) >= 11 is 0. The highest BCUT2D eigenvalue weighted by Gasteiger charge is 2.42. The van der Waals surface area contributed by atoms with E-state index in [9.17, 15) is 4.79 Å². The van der Waals surface area contributed by atoms with Crippen LogP contribution in [-0.2, 0) is 14.3 Å². The van der Waals surface area contributed by atoms with Gasteiger partial charge in [-0.3, -0.25) is 0 Å². The van der Waals surface area contributed by atoms with Crippen LogP contribution in [0.25, 0.3) is 0 Å². The van der Waals surface area contributed by atoms with Crippen LogP contribution in [0.1, 0.15) is 13.8 Å². The molecule has 3 heteroatoms. The van der Waals surface area contributed by atoms with Gasteiger partial charge in [-0.15, -0.1) is 0 Å². The normalized spacial score (nSPS) is 31.8. The molecule has 0 aromatic rings. The van der Waals surface area contributed by atoms with E-state index >= 15 is 0 Å². The van der Waals surface area contributed by atoms with Gasteiger partial charge in [0.05, 0.1) is 12.7 Å². The SMILES string of the molecule is CCOC(=O)[C@@H]1OC1C. The Labute approximate surface area is 53.9 Å². The first-order valence-corrected chi connectivity index (χ1v) is 3.07. The van der Waals surface area contributed by atoms with Crippen LogP contribution in [0.4, 0.5) is 0 Å². The Balaban J connectivity index is 2.20. The fraction of sp³-hybridized carbons (Fsp3) is 0.833. The van der Waals surface area contributed by atoms with Crippen LogP contribution in [0.3, 0.4) is 0 Å². The zero-order valence-electron chi connectivity index (χ0n) is 5.59. The lowest BCUT2D eigenvalue weighted by molar-refractivity contribution is -0.144. The number of hydrogen-bond acceptors (Lipinski definition) is 3. The van der Waals surface area contributed by atoms with Crippen molar-refractivity contribution in [3.63, 3.8) is 0 Å². The minimum absolute atomic E-state index is 0.0732. The van der Waals surface area contributed by atoms with Crippen LogP contribution >= 0.6 is 0 Å². The Bertz CT molecular complexity index is 121. The topological polar surface area (TPSA) is 38.8 Å². The van der Waals surface area contributed by atoms with Crippen LogP contribution in [0.2, 0.25) is 0 Å². The zero-order valence-corrected chi connectivity index (χ0v) is 5.59. The van der Waals surface area contributed by atoms with E-state index in [-0.39, 0.29) is 18.2 Å². The molecule has 1 fully saturated rings. The van der Waals surface area contributed by atoms with Crippen molar-refractivity contribution in [1.82, 2.24) is 0 Å². The number of rotatable bonds is 2. The average Bonchev–Trinajstić information content (AvgIpc) is 2.47. The standard InChI is InChI=1S/C6H10O3/c1-3-8-6(7)5-4(2)9-5/h4-5H,3H2,1-2H3/t4?,5-/m1/s1. The molecular weight excluding hydrogens is 120 g/mol. The summed E-state index contributed by atoms with van der Waals surface area (Å²) in [6, 6.07) is 0. The number of esters is 1. The summed E-state index contributed by atoms with van der Waals surface area (Å²) in [6.07, 6.45) is -0.200. The first-order chi connectivity index (χ1) is 4.25. The molecule has 0 amide bonds. The van der Waals surface area contributed by atoms with Crippen molar-refractivity contribution in [3.05, 3.63) is 0 Å². The molecule has 0 N–H and O–H groups in total. The maximum Gasteiger partial charge on any atom is 0.337 e. The van der Waals surface area contributed by atoms with E-state index in [0.29, 0.717) is 6.61 Å².